The number of halogens is 2. The van der Waals surface area contributed by atoms with Crippen molar-refractivity contribution >= 4 is 33.2 Å². The molecule has 0 bridgehead atoms. The number of benzene rings is 2. The molecule has 2 aromatic rings. The molecule has 0 saturated carbocycles. The molecule has 2 aromatic carbocycles. The van der Waals surface area contributed by atoms with E-state index >= 15 is 0 Å². The van der Waals surface area contributed by atoms with Crippen molar-refractivity contribution in [3.05, 3.63) is 68.4 Å². The third-order valence-electron chi connectivity index (χ3n) is 3.19. The maximum absolute atomic E-state index is 13.7. The summed E-state index contributed by atoms with van der Waals surface area (Å²) < 4.78 is 14.3. The Balaban J connectivity index is 2.13. The summed E-state index contributed by atoms with van der Waals surface area (Å²) in [5, 5.41) is 13.1. The summed E-state index contributed by atoms with van der Waals surface area (Å²) in [4.78, 5) is 22.2. The number of hydrogen-bond donors (Lipinski definition) is 1. The number of amides is 1. The average Bonchev–Trinajstić information content (AvgIpc) is 2.49. The van der Waals surface area contributed by atoms with Gasteiger partial charge in [-0.2, -0.15) is 0 Å². The van der Waals surface area contributed by atoms with Crippen LogP contribution < -0.4 is 5.32 Å². The second-order valence-electron chi connectivity index (χ2n) is 4.68. The predicted octanol–water partition coefficient (Wildman–Crippen LogP) is 4.24. The maximum Gasteiger partial charge on any atom is 0.269 e. The summed E-state index contributed by atoms with van der Waals surface area (Å²) in [6.45, 7) is 1.65. The van der Waals surface area contributed by atoms with E-state index in [4.69, 9.17) is 0 Å². The lowest BCUT2D eigenvalue weighted by molar-refractivity contribution is -0.384. The van der Waals surface area contributed by atoms with Gasteiger partial charge in [-0.3, -0.25) is 14.9 Å². The van der Waals surface area contributed by atoms with E-state index in [-0.39, 0.29) is 11.4 Å². The quantitative estimate of drug-likeness (QED) is 0.649. The zero-order valence-electron chi connectivity index (χ0n) is 11.5. The zero-order chi connectivity index (χ0) is 16.3. The van der Waals surface area contributed by atoms with Crippen LogP contribution in [0.4, 0.5) is 15.8 Å². The molecule has 1 atom stereocenters. The molecule has 0 radical (unpaired) electrons. The van der Waals surface area contributed by atoms with Gasteiger partial charge in [-0.1, -0.05) is 28.1 Å². The smallest absolute Gasteiger partial charge is 0.269 e. The largest absolute Gasteiger partial charge is 0.323 e. The fourth-order valence-electron chi connectivity index (χ4n) is 1.87. The van der Waals surface area contributed by atoms with Crippen LogP contribution in [0.15, 0.2) is 46.9 Å². The maximum atomic E-state index is 13.7. The lowest BCUT2D eigenvalue weighted by Crippen LogP contribution is -2.19. The molecule has 1 N–H and O–H groups in total. The van der Waals surface area contributed by atoms with Crippen molar-refractivity contribution in [2.24, 2.45) is 0 Å². The molecule has 22 heavy (non-hydrogen) atoms. The van der Waals surface area contributed by atoms with Crippen LogP contribution in [-0.4, -0.2) is 10.8 Å². The Labute approximate surface area is 134 Å². The van der Waals surface area contributed by atoms with Gasteiger partial charge in [0.05, 0.1) is 16.5 Å². The molecule has 2 rings (SSSR count). The van der Waals surface area contributed by atoms with Crippen molar-refractivity contribution < 1.29 is 14.1 Å². The molecule has 1 amide bonds. The lowest BCUT2D eigenvalue weighted by atomic mass is 10.00. The van der Waals surface area contributed by atoms with Crippen molar-refractivity contribution in [3.63, 3.8) is 0 Å². The number of hydrogen-bond acceptors (Lipinski definition) is 3. The highest BCUT2D eigenvalue weighted by Crippen LogP contribution is 2.23. The first-order valence-corrected chi connectivity index (χ1v) is 7.18. The first-order valence-electron chi connectivity index (χ1n) is 6.38. The van der Waals surface area contributed by atoms with Crippen LogP contribution in [0.5, 0.6) is 0 Å². The van der Waals surface area contributed by atoms with Crippen molar-refractivity contribution in [3.8, 4) is 0 Å². The van der Waals surface area contributed by atoms with E-state index in [0.717, 1.165) is 0 Å². The van der Waals surface area contributed by atoms with Gasteiger partial charge in [0.25, 0.3) is 5.69 Å². The van der Waals surface area contributed by atoms with Crippen LogP contribution in [0, 0.1) is 15.9 Å². The number of nitrogens with zero attached hydrogens (tertiary/aromatic N) is 1. The van der Waals surface area contributed by atoms with Crippen LogP contribution in [-0.2, 0) is 4.79 Å². The molecule has 0 aliphatic rings. The molecule has 0 spiro atoms. The Morgan fingerprint density at radius 3 is 2.45 bits per heavy atom. The molecule has 0 saturated heterocycles. The van der Waals surface area contributed by atoms with Gasteiger partial charge in [0.1, 0.15) is 5.82 Å². The number of carbonyl (C=O) groups excluding carboxylic acids is 1. The lowest BCUT2D eigenvalue weighted by Gasteiger charge is -2.13. The van der Waals surface area contributed by atoms with E-state index in [2.05, 4.69) is 21.2 Å². The van der Waals surface area contributed by atoms with E-state index in [0.29, 0.717) is 10.0 Å². The standard InChI is InChI=1S/C15H12BrFN2O3/c1-9(10-2-5-12(6-3-10)19(21)22)15(20)18-14-7-4-11(16)8-13(14)17/h2-9H,1H3,(H,18,20). The molecule has 1 unspecified atom stereocenters. The summed E-state index contributed by atoms with van der Waals surface area (Å²) in [6.07, 6.45) is 0. The molecule has 0 fully saturated rings. The number of nitro benzene ring substituents is 1. The predicted molar refractivity (Wildman–Crippen MR) is 84.2 cm³/mol. The minimum atomic E-state index is -0.566. The molecule has 114 valence electrons. The number of rotatable bonds is 4. The minimum absolute atomic E-state index is 0.0460. The van der Waals surface area contributed by atoms with Gasteiger partial charge < -0.3 is 5.32 Å². The second kappa shape index (κ2) is 6.65. The molecular formula is C15H12BrFN2O3. The van der Waals surface area contributed by atoms with Gasteiger partial charge in [0.2, 0.25) is 5.91 Å². The van der Waals surface area contributed by atoms with Crippen LogP contribution in [0.3, 0.4) is 0 Å². The van der Waals surface area contributed by atoms with Crippen LogP contribution >= 0.6 is 15.9 Å². The fourth-order valence-corrected chi connectivity index (χ4v) is 2.20. The van der Waals surface area contributed by atoms with E-state index in [1.807, 2.05) is 0 Å². The summed E-state index contributed by atoms with van der Waals surface area (Å²) >= 11 is 3.14. The van der Waals surface area contributed by atoms with Crippen LogP contribution in [0.2, 0.25) is 0 Å². The highest BCUT2D eigenvalue weighted by Gasteiger charge is 2.18. The van der Waals surface area contributed by atoms with Crippen LogP contribution in [0.1, 0.15) is 18.4 Å². The normalized spacial score (nSPS) is 11.8. The molecular weight excluding hydrogens is 355 g/mol. The molecule has 0 aliphatic heterocycles. The third-order valence-corrected chi connectivity index (χ3v) is 3.68. The summed E-state index contributed by atoms with van der Waals surface area (Å²) in [5.41, 5.74) is 0.651. The fraction of sp³-hybridized carbons (Fsp3) is 0.133. The second-order valence-corrected chi connectivity index (χ2v) is 5.60. The SMILES string of the molecule is CC(C(=O)Nc1ccc(Br)cc1F)c1ccc([N+](=O)[O-])cc1. The van der Waals surface area contributed by atoms with Gasteiger partial charge in [0, 0.05) is 16.6 Å². The Hall–Kier alpha value is -2.28. The van der Waals surface area contributed by atoms with E-state index in [1.54, 1.807) is 13.0 Å². The summed E-state index contributed by atoms with van der Waals surface area (Å²) in [7, 11) is 0. The van der Waals surface area contributed by atoms with Crippen molar-refractivity contribution in [1.29, 1.82) is 0 Å². The minimum Gasteiger partial charge on any atom is -0.323 e. The van der Waals surface area contributed by atoms with E-state index < -0.39 is 22.6 Å². The third kappa shape index (κ3) is 3.67. The van der Waals surface area contributed by atoms with Crippen molar-refractivity contribution in [2.75, 3.05) is 5.32 Å². The Bertz CT molecular complexity index is 719. The Morgan fingerprint density at radius 1 is 1.27 bits per heavy atom. The highest BCUT2D eigenvalue weighted by atomic mass is 79.9. The number of carbonyl (C=O) groups is 1. The van der Waals surface area contributed by atoms with E-state index in [9.17, 15) is 19.3 Å². The number of non-ortho nitro benzene ring substituents is 1. The topological polar surface area (TPSA) is 72.2 Å². The van der Waals surface area contributed by atoms with Gasteiger partial charge >= 0.3 is 0 Å². The molecule has 7 heteroatoms. The van der Waals surface area contributed by atoms with Gasteiger partial charge in [-0.25, -0.2) is 4.39 Å². The number of nitrogens with one attached hydrogen (secondary N) is 1. The molecule has 0 heterocycles. The van der Waals surface area contributed by atoms with Crippen LogP contribution in [0.25, 0.3) is 0 Å². The van der Waals surface area contributed by atoms with E-state index in [1.165, 1.54) is 36.4 Å². The number of anilines is 1. The average molecular weight is 367 g/mol. The van der Waals surface area contributed by atoms with Crippen molar-refractivity contribution in [2.45, 2.75) is 12.8 Å². The zero-order valence-corrected chi connectivity index (χ0v) is 13.1. The molecule has 5 nitrogen and oxygen atoms in total. The van der Waals surface area contributed by atoms with Gasteiger partial charge in [-0.15, -0.1) is 0 Å². The first-order chi connectivity index (χ1) is 10.4. The first kappa shape index (κ1) is 16.1. The monoisotopic (exact) mass is 366 g/mol. The summed E-state index contributed by atoms with van der Waals surface area (Å²) in [6, 6.07) is 10.0. The molecule has 0 aliphatic carbocycles. The highest BCUT2D eigenvalue weighted by molar-refractivity contribution is 9.10. The summed E-state index contributed by atoms with van der Waals surface area (Å²) in [5.74, 6) is -1.50. The number of nitro groups is 1. The van der Waals surface area contributed by atoms with Gasteiger partial charge in [-0.05, 0) is 30.7 Å². The van der Waals surface area contributed by atoms with Gasteiger partial charge in [0.15, 0.2) is 0 Å². The Kier molecular flexibility index (Phi) is 4.87. The Morgan fingerprint density at radius 2 is 1.91 bits per heavy atom. The molecule has 0 aromatic heterocycles. The van der Waals surface area contributed by atoms with Crippen molar-refractivity contribution in [1.82, 2.24) is 0 Å².